The first kappa shape index (κ1) is 10.9. The van der Waals surface area contributed by atoms with Gasteiger partial charge in [-0.3, -0.25) is 9.69 Å². The number of piperidine rings is 1. The highest BCUT2D eigenvalue weighted by Gasteiger charge is 2.52. The molecule has 2 atom stereocenters. The summed E-state index contributed by atoms with van der Waals surface area (Å²) in [4.78, 5) is 13.4. The molecule has 2 heterocycles. The zero-order valence-electron chi connectivity index (χ0n) is 8.72. The first-order valence-electron chi connectivity index (χ1n) is 5.49. The monoisotopic (exact) mass is 214 g/mol. The maximum absolute atomic E-state index is 11.5. The van der Waals surface area contributed by atoms with Crippen LogP contribution in [-0.4, -0.2) is 45.4 Å². The highest BCUT2D eigenvalue weighted by molar-refractivity contribution is 5.85. The molecule has 0 saturated carbocycles. The van der Waals surface area contributed by atoms with Crippen molar-refractivity contribution in [1.82, 2.24) is 4.90 Å². The molecule has 2 fully saturated rings. The number of β-amino-alcohol motifs (C(OH)–C–C–N with tert-alkyl or cyclic N) is 2. The molecule has 5 heteroatoms. The number of nitrogens with zero attached hydrogens (tertiary/aromatic N) is 1. The third-order valence-electron chi connectivity index (χ3n) is 3.83. The second-order valence-electron chi connectivity index (χ2n) is 4.61. The van der Waals surface area contributed by atoms with E-state index in [1.165, 1.54) is 0 Å². The van der Waals surface area contributed by atoms with Crippen LogP contribution in [0.5, 0.6) is 0 Å². The van der Waals surface area contributed by atoms with E-state index in [1.807, 2.05) is 4.90 Å². The lowest BCUT2D eigenvalue weighted by atomic mass is 9.87. The average molecular weight is 214 g/mol. The number of aliphatic hydroxyl groups is 2. The van der Waals surface area contributed by atoms with E-state index in [-0.39, 0.29) is 12.5 Å². The van der Waals surface area contributed by atoms with Gasteiger partial charge in [0.15, 0.2) is 6.29 Å². The largest absolute Gasteiger partial charge is 0.368 e. The molecule has 2 rings (SSSR count). The summed E-state index contributed by atoms with van der Waals surface area (Å²) in [5.74, 6) is -0.314. The number of amides is 1. The predicted molar refractivity (Wildman–Crippen MR) is 53.7 cm³/mol. The molecule has 0 aromatic heterocycles. The predicted octanol–water partition coefficient (Wildman–Crippen LogP) is -0.831. The van der Waals surface area contributed by atoms with Gasteiger partial charge < -0.3 is 15.9 Å². The second-order valence-corrected chi connectivity index (χ2v) is 4.61. The van der Waals surface area contributed by atoms with Gasteiger partial charge >= 0.3 is 0 Å². The summed E-state index contributed by atoms with van der Waals surface area (Å²) in [7, 11) is 0. The van der Waals surface area contributed by atoms with E-state index < -0.39 is 11.8 Å². The van der Waals surface area contributed by atoms with Crippen LogP contribution in [0.15, 0.2) is 0 Å². The number of aliphatic hydroxyl groups excluding tert-OH is 1. The van der Waals surface area contributed by atoms with Crippen molar-refractivity contribution in [2.75, 3.05) is 6.54 Å². The van der Waals surface area contributed by atoms with Crippen molar-refractivity contribution in [3.63, 3.8) is 0 Å². The van der Waals surface area contributed by atoms with Gasteiger partial charge in [-0.1, -0.05) is 0 Å². The summed E-state index contributed by atoms with van der Waals surface area (Å²) in [6.07, 6.45) is 3.11. The number of primary amides is 1. The van der Waals surface area contributed by atoms with Crippen LogP contribution >= 0.6 is 0 Å². The number of carbonyl (C=O) groups is 1. The van der Waals surface area contributed by atoms with Crippen molar-refractivity contribution in [3.8, 4) is 0 Å². The number of hydrogen-bond acceptors (Lipinski definition) is 4. The van der Waals surface area contributed by atoms with Crippen LogP contribution < -0.4 is 5.73 Å². The van der Waals surface area contributed by atoms with Crippen LogP contribution in [0.3, 0.4) is 0 Å². The smallest absolute Gasteiger partial charge is 0.237 e. The fourth-order valence-electron chi connectivity index (χ4n) is 3.14. The van der Waals surface area contributed by atoms with E-state index in [0.29, 0.717) is 6.04 Å². The van der Waals surface area contributed by atoms with Crippen LogP contribution in [0.1, 0.15) is 32.1 Å². The lowest BCUT2D eigenvalue weighted by Crippen LogP contribution is -2.59. The fourth-order valence-corrected chi connectivity index (χ4v) is 3.14. The molecule has 86 valence electrons. The minimum Gasteiger partial charge on any atom is -0.368 e. The molecule has 0 aliphatic carbocycles. The summed E-state index contributed by atoms with van der Waals surface area (Å²) >= 11 is 0. The maximum Gasteiger partial charge on any atom is 0.237 e. The van der Waals surface area contributed by atoms with Gasteiger partial charge in [-0.2, -0.15) is 0 Å². The maximum atomic E-state index is 11.5. The molecule has 2 bridgehead atoms. The van der Waals surface area contributed by atoms with Crippen molar-refractivity contribution < 1.29 is 15.0 Å². The zero-order valence-corrected chi connectivity index (χ0v) is 8.72. The van der Waals surface area contributed by atoms with Crippen molar-refractivity contribution >= 4 is 5.91 Å². The highest BCUT2D eigenvalue weighted by atomic mass is 16.5. The van der Waals surface area contributed by atoms with Crippen molar-refractivity contribution in [1.29, 1.82) is 0 Å². The summed E-state index contributed by atoms with van der Waals surface area (Å²) in [6.45, 7) is 0.133. The molecule has 0 spiro atoms. The molecule has 4 N–H and O–H groups in total. The van der Waals surface area contributed by atoms with E-state index in [1.54, 1.807) is 0 Å². The SMILES string of the molecule is NC(=O)[C@]12CCC[C@H](CC1)N2CC(O)O. The minimum absolute atomic E-state index is 0.133. The molecule has 2 aliphatic heterocycles. The fraction of sp³-hybridized carbons (Fsp3) is 0.900. The minimum atomic E-state index is -1.39. The average Bonchev–Trinajstić information content (AvgIpc) is 2.38. The Morgan fingerprint density at radius 2 is 2.20 bits per heavy atom. The third kappa shape index (κ3) is 1.64. The molecule has 1 amide bonds. The van der Waals surface area contributed by atoms with E-state index in [2.05, 4.69) is 0 Å². The van der Waals surface area contributed by atoms with Gasteiger partial charge in [-0.05, 0) is 32.1 Å². The van der Waals surface area contributed by atoms with Gasteiger partial charge in [0, 0.05) is 6.04 Å². The lowest BCUT2D eigenvalue weighted by molar-refractivity contribution is -0.137. The Bertz CT molecular complexity index is 265. The number of carbonyl (C=O) groups excluding carboxylic acids is 1. The van der Waals surface area contributed by atoms with Crippen molar-refractivity contribution in [3.05, 3.63) is 0 Å². The number of fused-ring (bicyclic) bond motifs is 2. The van der Waals surface area contributed by atoms with Crippen LogP contribution in [0.25, 0.3) is 0 Å². The topological polar surface area (TPSA) is 86.8 Å². The molecule has 2 aliphatic rings. The Labute approximate surface area is 88.9 Å². The van der Waals surface area contributed by atoms with Crippen molar-refractivity contribution in [2.24, 2.45) is 5.73 Å². The molecule has 0 aromatic rings. The van der Waals surface area contributed by atoms with Gasteiger partial charge in [0.05, 0.1) is 6.54 Å². The number of hydrogen-bond donors (Lipinski definition) is 3. The van der Waals surface area contributed by atoms with Gasteiger partial charge in [0.1, 0.15) is 5.54 Å². The Morgan fingerprint density at radius 1 is 1.47 bits per heavy atom. The van der Waals surface area contributed by atoms with Gasteiger partial charge in [-0.15, -0.1) is 0 Å². The lowest BCUT2D eigenvalue weighted by Gasteiger charge is -2.42. The molecule has 5 nitrogen and oxygen atoms in total. The van der Waals surface area contributed by atoms with Gasteiger partial charge in [-0.25, -0.2) is 0 Å². The number of nitrogens with two attached hydrogens (primary N) is 1. The van der Waals surface area contributed by atoms with Crippen LogP contribution in [0.2, 0.25) is 0 Å². The van der Waals surface area contributed by atoms with E-state index in [9.17, 15) is 4.79 Å². The Hall–Kier alpha value is -0.650. The van der Waals surface area contributed by atoms with E-state index >= 15 is 0 Å². The Morgan fingerprint density at radius 3 is 2.80 bits per heavy atom. The summed E-state index contributed by atoms with van der Waals surface area (Å²) in [6, 6.07) is 0.299. The molecular weight excluding hydrogens is 196 g/mol. The molecule has 0 radical (unpaired) electrons. The molecule has 0 aromatic carbocycles. The quantitative estimate of drug-likeness (QED) is 0.535. The van der Waals surface area contributed by atoms with E-state index in [4.69, 9.17) is 15.9 Å². The first-order chi connectivity index (χ1) is 7.06. The Balaban J connectivity index is 2.22. The van der Waals surface area contributed by atoms with E-state index in [0.717, 1.165) is 32.1 Å². The van der Waals surface area contributed by atoms with Crippen LogP contribution in [0, 0.1) is 0 Å². The van der Waals surface area contributed by atoms with Gasteiger partial charge in [0.25, 0.3) is 0 Å². The molecule has 15 heavy (non-hydrogen) atoms. The van der Waals surface area contributed by atoms with Crippen LogP contribution in [0.4, 0.5) is 0 Å². The molecule has 2 saturated heterocycles. The first-order valence-corrected chi connectivity index (χ1v) is 5.49. The normalized spacial score (nSPS) is 36.1. The summed E-state index contributed by atoms with van der Waals surface area (Å²) in [5, 5.41) is 18.1. The van der Waals surface area contributed by atoms with Crippen LogP contribution in [-0.2, 0) is 4.79 Å². The van der Waals surface area contributed by atoms with Crippen molar-refractivity contribution in [2.45, 2.75) is 50.0 Å². The number of rotatable bonds is 3. The summed E-state index contributed by atoms with van der Waals surface area (Å²) in [5.41, 5.74) is 4.86. The highest BCUT2D eigenvalue weighted by Crippen LogP contribution is 2.43. The molecular formula is C10H18N2O3. The van der Waals surface area contributed by atoms with Gasteiger partial charge in [0.2, 0.25) is 5.91 Å². The zero-order chi connectivity index (χ0) is 11.1. The third-order valence-corrected chi connectivity index (χ3v) is 3.83. The second kappa shape index (κ2) is 3.73. The molecule has 0 unspecified atom stereocenters. The Kier molecular flexibility index (Phi) is 2.70. The standard InChI is InChI=1S/C10H18N2O3/c11-9(15)10-4-1-2-7(3-5-10)12(10)6-8(13)14/h7-8,13-14H,1-6H2,(H2,11,15)/t7-,10+/m1/s1. The summed E-state index contributed by atoms with van der Waals surface area (Å²) < 4.78 is 0.